The molecule has 0 saturated carbocycles. The van der Waals surface area contributed by atoms with Crippen molar-refractivity contribution in [3.8, 4) is 0 Å². The van der Waals surface area contributed by atoms with E-state index in [4.69, 9.17) is 0 Å². The van der Waals surface area contributed by atoms with Gasteiger partial charge in [-0.2, -0.15) is 0 Å². The summed E-state index contributed by atoms with van der Waals surface area (Å²) in [6, 6.07) is 8.65. The summed E-state index contributed by atoms with van der Waals surface area (Å²) in [6.07, 6.45) is 2.49. The second-order valence-electron chi connectivity index (χ2n) is 4.39. The van der Waals surface area contributed by atoms with Gasteiger partial charge in [-0.05, 0) is 36.8 Å². The minimum atomic E-state index is 0.451. The number of rotatable bonds is 6. The van der Waals surface area contributed by atoms with Crippen molar-refractivity contribution in [2.45, 2.75) is 38.5 Å². The van der Waals surface area contributed by atoms with Crippen LogP contribution in [-0.4, -0.2) is 11.1 Å². The van der Waals surface area contributed by atoms with E-state index in [0.29, 0.717) is 5.41 Å². The van der Waals surface area contributed by atoms with Crippen LogP contribution in [0.2, 0.25) is 0 Å². The van der Waals surface area contributed by atoms with Crippen LogP contribution in [0.5, 0.6) is 0 Å². The molecule has 0 bridgehead atoms. The molecule has 1 rings (SSSR count). The Morgan fingerprint density at radius 2 is 1.81 bits per heavy atom. The molecule has 1 aromatic rings. The highest BCUT2D eigenvalue weighted by Crippen LogP contribution is 2.36. The van der Waals surface area contributed by atoms with Crippen molar-refractivity contribution < 1.29 is 0 Å². The van der Waals surface area contributed by atoms with Gasteiger partial charge in [0.15, 0.2) is 0 Å². The Hall–Kier alpha value is 0.0500. The fourth-order valence-electron chi connectivity index (χ4n) is 1.63. The van der Waals surface area contributed by atoms with Crippen LogP contribution in [0.1, 0.15) is 32.3 Å². The van der Waals surface area contributed by atoms with Gasteiger partial charge in [0.05, 0.1) is 0 Å². The fourth-order valence-corrected chi connectivity index (χ4v) is 4.33. The van der Waals surface area contributed by atoms with E-state index in [1.165, 1.54) is 29.1 Å². The molecule has 16 heavy (non-hydrogen) atoms. The van der Waals surface area contributed by atoms with E-state index < -0.39 is 0 Å². The van der Waals surface area contributed by atoms with Crippen LogP contribution < -0.4 is 0 Å². The minimum Gasteiger partial charge on any atom is -0.125 e. The lowest BCUT2D eigenvalue weighted by molar-refractivity contribution is 0.359. The maximum atomic E-state index is 3.67. The number of hydrogen-bond acceptors (Lipinski definition) is 1. The predicted molar refractivity (Wildman–Crippen MR) is 78.7 cm³/mol. The standard InChI is InChI=1S/C14H21BrS/c1-4-14(5-2,10-15)11-16-13-9-7-6-8-12(13)3/h6-9H,4-5,10-11H2,1-3H3. The molecule has 0 radical (unpaired) electrons. The molecule has 0 aromatic heterocycles. The van der Waals surface area contributed by atoms with Crippen molar-refractivity contribution in [3.63, 3.8) is 0 Å². The number of halogens is 1. The fraction of sp³-hybridized carbons (Fsp3) is 0.571. The molecule has 0 spiro atoms. The van der Waals surface area contributed by atoms with Crippen LogP contribution in [0.4, 0.5) is 0 Å². The first-order chi connectivity index (χ1) is 7.67. The summed E-state index contributed by atoms with van der Waals surface area (Å²) in [5.41, 5.74) is 1.84. The molecule has 0 aliphatic heterocycles. The number of thioether (sulfide) groups is 1. The van der Waals surface area contributed by atoms with Gasteiger partial charge in [0, 0.05) is 16.0 Å². The van der Waals surface area contributed by atoms with Gasteiger partial charge in [0.1, 0.15) is 0 Å². The Labute approximate surface area is 112 Å². The average molecular weight is 301 g/mol. The normalized spacial score (nSPS) is 11.8. The average Bonchev–Trinajstić information content (AvgIpc) is 2.34. The van der Waals surface area contributed by atoms with Gasteiger partial charge >= 0.3 is 0 Å². The molecule has 0 aliphatic rings. The van der Waals surface area contributed by atoms with Crippen LogP contribution in [0.25, 0.3) is 0 Å². The number of hydrogen-bond donors (Lipinski definition) is 0. The molecule has 2 heteroatoms. The molecule has 0 heterocycles. The van der Waals surface area contributed by atoms with Crippen LogP contribution in [0, 0.1) is 12.3 Å². The van der Waals surface area contributed by atoms with Gasteiger partial charge in [-0.15, -0.1) is 11.8 Å². The first-order valence-corrected chi connectivity index (χ1v) is 8.02. The molecule has 0 amide bonds. The predicted octanol–water partition coefficient (Wildman–Crippen LogP) is 5.29. The second-order valence-corrected chi connectivity index (χ2v) is 5.97. The molecule has 0 fully saturated rings. The minimum absolute atomic E-state index is 0.451. The quantitative estimate of drug-likeness (QED) is 0.508. The van der Waals surface area contributed by atoms with Crippen molar-refractivity contribution in [3.05, 3.63) is 29.8 Å². The largest absolute Gasteiger partial charge is 0.125 e. The maximum Gasteiger partial charge on any atom is 0.0101 e. The summed E-state index contributed by atoms with van der Waals surface area (Å²) in [5, 5.41) is 1.10. The molecule has 90 valence electrons. The molecule has 0 unspecified atom stereocenters. The molecule has 0 saturated heterocycles. The van der Waals surface area contributed by atoms with Crippen LogP contribution in [0.15, 0.2) is 29.2 Å². The number of alkyl halides is 1. The summed E-state index contributed by atoms with van der Waals surface area (Å²) in [5.74, 6) is 1.20. The van der Waals surface area contributed by atoms with E-state index in [2.05, 4.69) is 61.0 Å². The lowest BCUT2D eigenvalue weighted by Gasteiger charge is -2.29. The highest BCUT2D eigenvalue weighted by Gasteiger charge is 2.24. The van der Waals surface area contributed by atoms with E-state index >= 15 is 0 Å². The third kappa shape index (κ3) is 3.53. The molecule has 0 aliphatic carbocycles. The van der Waals surface area contributed by atoms with Gasteiger partial charge in [0.25, 0.3) is 0 Å². The third-order valence-corrected chi connectivity index (χ3v) is 6.13. The molecular weight excluding hydrogens is 280 g/mol. The zero-order valence-corrected chi connectivity index (χ0v) is 12.8. The summed E-state index contributed by atoms with van der Waals surface area (Å²) in [6.45, 7) is 6.78. The Kier molecular flexibility index (Phi) is 5.91. The SMILES string of the molecule is CCC(CC)(CBr)CSc1ccccc1C. The van der Waals surface area contributed by atoms with E-state index in [0.717, 1.165) is 5.33 Å². The molecule has 0 nitrogen and oxygen atoms in total. The van der Waals surface area contributed by atoms with Gasteiger partial charge in [-0.1, -0.05) is 48.0 Å². The molecule has 1 aromatic carbocycles. The third-order valence-electron chi connectivity index (χ3n) is 3.41. The summed E-state index contributed by atoms with van der Waals surface area (Å²) in [4.78, 5) is 1.43. The molecular formula is C14H21BrS. The van der Waals surface area contributed by atoms with Crippen LogP contribution >= 0.6 is 27.7 Å². The Balaban J connectivity index is 2.66. The first kappa shape index (κ1) is 14.1. The van der Waals surface area contributed by atoms with Crippen molar-refractivity contribution in [2.75, 3.05) is 11.1 Å². The second kappa shape index (κ2) is 6.70. The topological polar surface area (TPSA) is 0 Å². The zero-order chi connectivity index (χ0) is 12.0. The van der Waals surface area contributed by atoms with Gasteiger partial charge in [-0.3, -0.25) is 0 Å². The maximum absolute atomic E-state index is 3.67. The lowest BCUT2D eigenvalue weighted by Crippen LogP contribution is -2.23. The monoisotopic (exact) mass is 300 g/mol. The summed E-state index contributed by atoms with van der Waals surface area (Å²) >= 11 is 5.67. The van der Waals surface area contributed by atoms with Crippen molar-refractivity contribution in [1.82, 2.24) is 0 Å². The number of aryl methyl sites for hydroxylation is 1. The molecule has 0 atom stereocenters. The Bertz CT molecular complexity index is 310. The number of benzene rings is 1. The lowest BCUT2D eigenvalue weighted by atomic mass is 9.87. The zero-order valence-electron chi connectivity index (χ0n) is 10.4. The van der Waals surface area contributed by atoms with E-state index in [9.17, 15) is 0 Å². The first-order valence-electron chi connectivity index (χ1n) is 5.92. The highest BCUT2D eigenvalue weighted by atomic mass is 79.9. The molecule has 0 N–H and O–H groups in total. The van der Waals surface area contributed by atoms with Crippen LogP contribution in [0.3, 0.4) is 0 Å². The van der Waals surface area contributed by atoms with E-state index in [1.54, 1.807) is 0 Å². The summed E-state index contributed by atoms with van der Waals surface area (Å²) < 4.78 is 0. The van der Waals surface area contributed by atoms with Gasteiger partial charge in [-0.25, -0.2) is 0 Å². The Morgan fingerprint density at radius 3 is 2.31 bits per heavy atom. The highest BCUT2D eigenvalue weighted by molar-refractivity contribution is 9.09. The van der Waals surface area contributed by atoms with Gasteiger partial charge < -0.3 is 0 Å². The van der Waals surface area contributed by atoms with Crippen molar-refractivity contribution >= 4 is 27.7 Å². The van der Waals surface area contributed by atoms with Gasteiger partial charge in [0.2, 0.25) is 0 Å². The van der Waals surface area contributed by atoms with Crippen molar-refractivity contribution in [1.29, 1.82) is 0 Å². The van der Waals surface area contributed by atoms with E-state index in [-0.39, 0.29) is 0 Å². The van der Waals surface area contributed by atoms with E-state index in [1.807, 2.05) is 11.8 Å². The van der Waals surface area contributed by atoms with Crippen LogP contribution in [-0.2, 0) is 0 Å². The smallest absolute Gasteiger partial charge is 0.0101 e. The van der Waals surface area contributed by atoms with Crippen molar-refractivity contribution in [2.24, 2.45) is 5.41 Å². The Morgan fingerprint density at radius 1 is 1.19 bits per heavy atom. The summed E-state index contributed by atoms with van der Waals surface area (Å²) in [7, 11) is 0.